The highest BCUT2D eigenvalue weighted by atomic mass is 79.9. The third kappa shape index (κ3) is 3.58. The number of rotatable bonds is 4. The maximum Gasteiger partial charge on any atom is 0.143 e. The molecule has 2 rings (SSSR count). The molecule has 7 heteroatoms. The second-order valence-electron chi connectivity index (χ2n) is 4.42. The Morgan fingerprint density at radius 3 is 2.48 bits per heavy atom. The molecule has 0 saturated heterocycles. The molecule has 0 aromatic heterocycles. The van der Waals surface area contributed by atoms with Crippen LogP contribution in [0.5, 0.6) is 0 Å². The summed E-state index contributed by atoms with van der Waals surface area (Å²) in [6.07, 6.45) is -0.0747. The van der Waals surface area contributed by atoms with Crippen LogP contribution >= 0.6 is 27.5 Å². The van der Waals surface area contributed by atoms with E-state index < -0.39 is 23.5 Å². The Kier molecular flexibility index (Phi) is 5.27. The smallest absolute Gasteiger partial charge is 0.143 e. The van der Waals surface area contributed by atoms with Gasteiger partial charge in [-0.2, -0.15) is 0 Å². The summed E-state index contributed by atoms with van der Waals surface area (Å²) in [5.41, 5.74) is 2.74. The molecule has 3 N–H and O–H groups in total. The number of hydrazine groups is 1. The molecule has 0 amide bonds. The van der Waals surface area contributed by atoms with Gasteiger partial charge in [0.1, 0.15) is 17.5 Å². The third-order valence-electron chi connectivity index (χ3n) is 3.09. The Balaban J connectivity index is 2.35. The zero-order chi connectivity index (χ0) is 15.6. The standard InChI is InChI=1S/C14H11BrClF3N2/c15-9-2-4-11(17)8(14(9)19)6-13(21-20)7-1-3-10(16)12(18)5-7/h1-5,13,21H,6,20H2. The first kappa shape index (κ1) is 16.3. The number of benzene rings is 2. The Morgan fingerprint density at radius 2 is 1.86 bits per heavy atom. The first-order valence-corrected chi connectivity index (χ1v) is 7.14. The zero-order valence-electron chi connectivity index (χ0n) is 10.6. The number of hydrogen-bond acceptors (Lipinski definition) is 2. The van der Waals surface area contributed by atoms with Crippen LogP contribution in [0.2, 0.25) is 5.02 Å². The summed E-state index contributed by atoms with van der Waals surface area (Å²) in [6.45, 7) is 0. The average molecular weight is 380 g/mol. The van der Waals surface area contributed by atoms with Crippen molar-refractivity contribution in [3.63, 3.8) is 0 Å². The van der Waals surface area contributed by atoms with Gasteiger partial charge in [-0.3, -0.25) is 11.3 Å². The highest BCUT2D eigenvalue weighted by Gasteiger charge is 2.19. The number of halogens is 5. The fraction of sp³-hybridized carbons (Fsp3) is 0.143. The molecule has 1 unspecified atom stereocenters. The lowest BCUT2D eigenvalue weighted by atomic mass is 9.98. The van der Waals surface area contributed by atoms with Crippen LogP contribution < -0.4 is 11.3 Å². The highest BCUT2D eigenvalue weighted by molar-refractivity contribution is 9.10. The van der Waals surface area contributed by atoms with Crippen LogP contribution in [0.3, 0.4) is 0 Å². The van der Waals surface area contributed by atoms with E-state index in [1.54, 1.807) is 6.07 Å². The van der Waals surface area contributed by atoms with Crippen LogP contribution in [-0.2, 0) is 6.42 Å². The Hall–Kier alpha value is -1.08. The molecule has 0 aliphatic carbocycles. The maximum absolute atomic E-state index is 14.0. The molecule has 1 atom stereocenters. The quantitative estimate of drug-likeness (QED) is 0.473. The fourth-order valence-electron chi connectivity index (χ4n) is 1.96. The van der Waals surface area contributed by atoms with Crippen LogP contribution in [0.15, 0.2) is 34.8 Å². The van der Waals surface area contributed by atoms with Gasteiger partial charge in [-0.05, 0) is 52.2 Å². The average Bonchev–Trinajstić information content (AvgIpc) is 2.47. The second kappa shape index (κ2) is 6.79. The molecule has 2 nitrogen and oxygen atoms in total. The van der Waals surface area contributed by atoms with Gasteiger partial charge in [-0.15, -0.1) is 0 Å². The van der Waals surface area contributed by atoms with Gasteiger partial charge in [0, 0.05) is 5.56 Å². The number of nitrogens with one attached hydrogen (secondary N) is 1. The van der Waals surface area contributed by atoms with Crippen molar-refractivity contribution in [2.75, 3.05) is 0 Å². The summed E-state index contributed by atoms with van der Waals surface area (Å²) < 4.78 is 41.4. The van der Waals surface area contributed by atoms with Crippen molar-refractivity contribution in [2.24, 2.45) is 5.84 Å². The van der Waals surface area contributed by atoms with E-state index in [1.807, 2.05) is 0 Å². The molecule has 0 fully saturated rings. The van der Waals surface area contributed by atoms with Gasteiger partial charge in [0.15, 0.2) is 0 Å². The third-order valence-corrected chi connectivity index (χ3v) is 4.01. The number of hydrogen-bond donors (Lipinski definition) is 2. The minimum absolute atomic E-state index is 0.0330. The van der Waals surface area contributed by atoms with Gasteiger partial charge < -0.3 is 0 Å². The van der Waals surface area contributed by atoms with E-state index in [0.717, 1.165) is 6.07 Å². The predicted molar refractivity (Wildman–Crippen MR) is 79.2 cm³/mol. The largest absolute Gasteiger partial charge is 0.271 e. The van der Waals surface area contributed by atoms with E-state index in [1.165, 1.54) is 18.2 Å². The van der Waals surface area contributed by atoms with Crippen LogP contribution in [-0.4, -0.2) is 0 Å². The van der Waals surface area contributed by atoms with Gasteiger partial charge >= 0.3 is 0 Å². The van der Waals surface area contributed by atoms with Crippen molar-refractivity contribution >= 4 is 27.5 Å². The van der Waals surface area contributed by atoms with E-state index in [0.29, 0.717) is 5.56 Å². The van der Waals surface area contributed by atoms with Crippen molar-refractivity contribution in [1.29, 1.82) is 0 Å². The summed E-state index contributed by atoms with van der Waals surface area (Å²) in [5.74, 6) is 3.40. The zero-order valence-corrected chi connectivity index (χ0v) is 13.0. The van der Waals surface area contributed by atoms with Crippen LogP contribution in [0.1, 0.15) is 17.2 Å². The molecule has 0 heterocycles. The summed E-state index contributed by atoms with van der Waals surface area (Å²) >= 11 is 8.61. The number of nitrogens with two attached hydrogens (primary N) is 1. The van der Waals surface area contributed by atoms with E-state index in [9.17, 15) is 13.2 Å². The summed E-state index contributed by atoms with van der Waals surface area (Å²) in [7, 11) is 0. The van der Waals surface area contributed by atoms with Gasteiger partial charge in [0.25, 0.3) is 0 Å². The van der Waals surface area contributed by atoms with Crippen molar-refractivity contribution in [3.05, 3.63) is 68.4 Å². The van der Waals surface area contributed by atoms with Crippen molar-refractivity contribution in [3.8, 4) is 0 Å². The summed E-state index contributed by atoms with van der Waals surface area (Å²) in [5, 5.41) is -0.0330. The molecule has 0 aliphatic rings. The van der Waals surface area contributed by atoms with Crippen molar-refractivity contribution in [2.45, 2.75) is 12.5 Å². The van der Waals surface area contributed by atoms with Gasteiger partial charge in [-0.25, -0.2) is 13.2 Å². The minimum atomic E-state index is -0.704. The second-order valence-corrected chi connectivity index (χ2v) is 5.68. The SMILES string of the molecule is NNC(Cc1c(F)ccc(Br)c1F)c1ccc(Cl)c(F)c1. The first-order chi connectivity index (χ1) is 9.93. The lowest BCUT2D eigenvalue weighted by Gasteiger charge is -2.18. The normalized spacial score (nSPS) is 12.5. The lowest BCUT2D eigenvalue weighted by molar-refractivity contribution is 0.495. The molecule has 0 saturated carbocycles. The van der Waals surface area contributed by atoms with Gasteiger partial charge in [-0.1, -0.05) is 17.7 Å². The molecular weight excluding hydrogens is 369 g/mol. The fourth-order valence-corrected chi connectivity index (χ4v) is 2.45. The van der Waals surface area contributed by atoms with E-state index in [-0.39, 0.29) is 21.5 Å². The van der Waals surface area contributed by atoms with Crippen LogP contribution in [0.4, 0.5) is 13.2 Å². The van der Waals surface area contributed by atoms with Crippen molar-refractivity contribution in [1.82, 2.24) is 5.43 Å². The first-order valence-electron chi connectivity index (χ1n) is 5.97. The summed E-state index contributed by atoms with van der Waals surface area (Å²) in [6, 6.07) is 5.86. The molecule has 0 aliphatic heterocycles. The Bertz CT molecular complexity index is 667. The van der Waals surface area contributed by atoms with Gasteiger partial charge in [0.2, 0.25) is 0 Å². The van der Waals surface area contributed by atoms with E-state index in [2.05, 4.69) is 21.4 Å². The van der Waals surface area contributed by atoms with Crippen molar-refractivity contribution < 1.29 is 13.2 Å². The Morgan fingerprint density at radius 1 is 1.14 bits per heavy atom. The minimum Gasteiger partial charge on any atom is -0.271 e. The lowest BCUT2D eigenvalue weighted by Crippen LogP contribution is -2.30. The topological polar surface area (TPSA) is 38.0 Å². The predicted octanol–water partition coefficient (Wildman–Crippen LogP) is 4.27. The molecule has 21 heavy (non-hydrogen) atoms. The van der Waals surface area contributed by atoms with Crippen LogP contribution in [0.25, 0.3) is 0 Å². The molecular formula is C14H11BrClF3N2. The molecule has 0 spiro atoms. The summed E-state index contributed by atoms with van der Waals surface area (Å²) in [4.78, 5) is 0. The van der Waals surface area contributed by atoms with Gasteiger partial charge in [0.05, 0.1) is 15.5 Å². The highest BCUT2D eigenvalue weighted by Crippen LogP contribution is 2.27. The van der Waals surface area contributed by atoms with E-state index in [4.69, 9.17) is 17.4 Å². The molecule has 2 aromatic rings. The molecule has 112 valence electrons. The molecule has 0 bridgehead atoms. The maximum atomic E-state index is 14.0. The Labute approximate surface area is 133 Å². The van der Waals surface area contributed by atoms with E-state index >= 15 is 0 Å². The molecule has 0 radical (unpaired) electrons. The van der Waals surface area contributed by atoms with Crippen LogP contribution in [0, 0.1) is 17.5 Å². The monoisotopic (exact) mass is 378 g/mol. The molecule has 2 aromatic carbocycles.